The van der Waals surface area contributed by atoms with E-state index in [1.165, 1.54) is 39.3 Å². The summed E-state index contributed by atoms with van der Waals surface area (Å²) in [4.78, 5) is 0. The lowest BCUT2D eigenvalue weighted by Crippen LogP contribution is -2.21. The Kier molecular flexibility index (Phi) is 5.30. The summed E-state index contributed by atoms with van der Waals surface area (Å²) in [5, 5.41) is 3.62. The zero-order valence-electron chi connectivity index (χ0n) is 10.2. The van der Waals surface area contributed by atoms with Crippen molar-refractivity contribution in [2.75, 3.05) is 6.54 Å². The second-order valence-electron chi connectivity index (χ2n) is 4.80. The third-order valence-electron chi connectivity index (χ3n) is 3.34. The Bertz CT molecular complexity index is 376. The quantitative estimate of drug-likeness (QED) is 0.661. The molecular weight excluding hydrogens is 389 g/mol. The summed E-state index contributed by atoms with van der Waals surface area (Å²) in [7, 11) is 0. The topological polar surface area (TPSA) is 12.0 Å². The van der Waals surface area contributed by atoms with E-state index >= 15 is 0 Å². The van der Waals surface area contributed by atoms with Gasteiger partial charge in [-0.2, -0.15) is 0 Å². The van der Waals surface area contributed by atoms with Crippen LogP contribution >= 0.6 is 38.5 Å². The highest BCUT2D eigenvalue weighted by Crippen LogP contribution is 2.37. The average molecular weight is 408 g/mol. The number of benzene rings is 1. The molecule has 1 aliphatic rings. The van der Waals surface area contributed by atoms with Crippen molar-refractivity contribution in [3.05, 3.63) is 31.8 Å². The third kappa shape index (κ3) is 4.21. The van der Waals surface area contributed by atoms with Crippen molar-refractivity contribution in [1.82, 2.24) is 5.32 Å². The van der Waals surface area contributed by atoms with Gasteiger partial charge in [-0.25, -0.2) is 0 Å². The third-order valence-corrected chi connectivity index (χ3v) is 4.74. The van der Waals surface area contributed by atoms with E-state index in [2.05, 4.69) is 69.0 Å². The largest absolute Gasteiger partial charge is 0.310 e. The summed E-state index contributed by atoms with van der Waals surface area (Å²) in [5.74, 6) is 1.01. The van der Waals surface area contributed by atoms with Gasteiger partial charge in [-0.3, -0.25) is 0 Å². The first-order valence-corrected chi connectivity index (χ1v) is 8.26. The summed E-state index contributed by atoms with van der Waals surface area (Å²) in [6.45, 7) is 3.22. The molecule has 94 valence electrons. The van der Waals surface area contributed by atoms with Crippen LogP contribution in [0, 0.1) is 9.49 Å². The van der Waals surface area contributed by atoms with Crippen molar-refractivity contribution in [2.45, 2.75) is 38.6 Å². The molecule has 1 unspecified atom stereocenters. The minimum Gasteiger partial charge on any atom is -0.310 e. The molecular formula is C14H19BrIN. The van der Waals surface area contributed by atoms with Crippen LogP contribution in [-0.2, 0) is 0 Å². The first kappa shape index (κ1) is 13.8. The molecule has 0 amide bonds. The van der Waals surface area contributed by atoms with E-state index in [-0.39, 0.29) is 0 Å². The normalized spacial score (nSPS) is 17.1. The van der Waals surface area contributed by atoms with Gasteiger partial charge in [-0.15, -0.1) is 0 Å². The second kappa shape index (κ2) is 6.53. The Balaban J connectivity index is 2.08. The highest BCUT2D eigenvalue weighted by atomic mass is 127. The van der Waals surface area contributed by atoms with Gasteiger partial charge in [0.05, 0.1) is 0 Å². The zero-order chi connectivity index (χ0) is 12.3. The minimum absolute atomic E-state index is 0.504. The van der Waals surface area contributed by atoms with E-state index in [9.17, 15) is 0 Å². The fraction of sp³-hybridized carbons (Fsp3) is 0.571. The predicted octanol–water partition coefficient (Wildman–Crippen LogP) is 4.89. The number of rotatable bonds is 6. The van der Waals surface area contributed by atoms with Crippen LogP contribution in [0.2, 0.25) is 0 Å². The Morgan fingerprint density at radius 3 is 2.88 bits per heavy atom. The lowest BCUT2D eigenvalue weighted by atomic mass is 10.0. The number of nitrogens with one attached hydrogen (secondary N) is 1. The van der Waals surface area contributed by atoms with E-state index in [1.54, 1.807) is 0 Å². The molecule has 0 aromatic heterocycles. The molecule has 1 fully saturated rings. The smallest absolute Gasteiger partial charge is 0.0331 e. The number of hydrogen-bond donors (Lipinski definition) is 1. The van der Waals surface area contributed by atoms with Gasteiger partial charge in [0.25, 0.3) is 0 Å². The summed E-state index contributed by atoms with van der Waals surface area (Å²) in [6.07, 6.45) is 5.53. The molecule has 17 heavy (non-hydrogen) atoms. The lowest BCUT2D eigenvalue weighted by molar-refractivity contribution is 0.480. The molecule has 3 heteroatoms. The summed E-state index contributed by atoms with van der Waals surface area (Å²) >= 11 is 6.07. The van der Waals surface area contributed by atoms with Crippen LogP contribution in [0.3, 0.4) is 0 Å². The van der Waals surface area contributed by atoms with Gasteiger partial charge < -0.3 is 5.32 Å². The molecule has 0 saturated heterocycles. The van der Waals surface area contributed by atoms with Gasteiger partial charge in [0.15, 0.2) is 0 Å². The second-order valence-corrected chi connectivity index (χ2v) is 6.90. The molecule has 1 aromatic carbocycles. The summed E-state index contributed by atoms with van der Waals surface area (Å²) < 4.78 is 2.55. The highest BCUT2D eigenvalue weighted by molar-refractivity contribution is 14.1. The van der Waals surface area contributed by atoms with E-state index in [4.69, 9.17) is 0 Å². The maximum absolute atomic E-state index is 3.68. The maximum Gasteiger partial charge on any atom is 0.0331 e. The van der Waals surface area contributed by atoms with E-state index in [0.29, 0.717) is 6.04 Å². The predicted molar refractivity (Wildman–Crippen MR) is 85.2 cm³/mol. The van der Waals surface area contributed by atoms with Crippen molar-refractivity contribution in [2.24, 2.45) is 5.92 Å². The Labute approximate surface area is 126 Å². The van der Waals surface area contributed by atoms with Gasteiger partial charge >= 0.3 is 0 Å². The molecule has 0 spiro atoms. The molecule has 0 heterocycles. The summed E-state index contributed by atoms with van der Waals surface area (Å²) in [6, 6.07) is 7.12. The van der Waals surface area contributed by atoms with Crippen molar-refractivity contribution >= 4 is 38.5 Å². The lowest BCUT2D eigenvalue weighted by Gasteiger charge is -2.20. The van der Waals surface area contributed by atoms with Crippen molar-refractivity contribution in [3.63, 3.8) is 0 Å². The molecule has 1 aromatic rings. The number of hydrogen-bond acceptors (Lipinski definition) is 1. The summed E-state index contributed by atoms with van der Waals surface area (Å²) in [5.41, 5.74) is 1.42. The highest BCUT2D eigenvalue weighted by Gasteiger charge is 2.23. The van der Waals surface area contributed by atoms with Crippen molar-refractivity contribution in [1.29, 1.82) is 0 Å². The molecule has 2 rings (SSSR count). The van der Waals surface area contributed by atoms with Crippen LogP contribution in [-0.4, -0.2) is 6.54 Å². The van der Waals surface area contributed by atoms with Crippen LogP contribution in [0.25, 0.3) is 0 Å². The first-order valence-electron chi connectivity index (χ1n) is 6.39. The van der Waals surface area contributed by atoms with Gasteiger partial charge in [-0.05, 0) is 71.7 Å². The standard InChI is InChI=1S/C14H19BrIN/c1-2-17-14(8-5-10-3-4-10)12-9-11(16)6-7-13(12)15/h6-7,9-10,14,17H,2-5,8H2,1H3. The van der Waals surface area contributed by atoms with Gasteiger partial charge in [-0.1, -0.05) is 35.7 Å². The Morgan fingerprint density at radius 1 is 1.47 bits per heavy atom. The molecule has 1 nitrogen and oxygen atoms in total. The van der Waals surface area contributed by atoms with Crippen LogP contribution in [0.5, 0.6) is 0 Å². The Hall–Kier alpha value is 0.390. The fourth-order valence-corrected chi connectivity index (χ4v) is 3.24. The molecule has 0 bridgehead atoms. The van der Waals surface area contributed by atoms with Gasteiger partial charge in [0, 0.05) is 14.1 Å². The van der Waals surface area contributed by atoms with Gasteiger partial charge in [0.2, 0.25) is 0 Å². The van der Waals surface area contributed by atoms with E-state index in [0.717, 1.165) is 12.5 Å². The first-order chi connectivity index (χ1) is 8.20. The SMILES string of the molecule is CCNC(CCC1CC1)c1cc(I)ccc1Br. The molecule has 1 aliphatic carbocycles. The molecule has 1 saturated carbocycles. The molecule has 0 radical (unpaired) electrons. The number of halogens is 2. The maximum atomic E-state index is 3.68. The van der Waals surface area contributed by atoms with Crippen molar-refractivity contribution in [3.8, 4) is 0 Å². The van der Waals surface area contributed by atoms with Crippen LogP contribution in [0.15, 0.2) is 22.7 Å². The van der Waals surface area contributed by atoms with Crippen LogP contribution < -0.4 is 5.32 Å². The van der Waals surface area contributed by atoms with Crippen LogP contribution in [0.4, 0.5) is 0 Å². The Morgan fingerprint density at radius 2 is 2.24 bits per heavy atom. The van der Waals surface area contributed by atoms with Crippen molar-refractivity contribution < 1.29 is 0 Å². The van der Waals surface area contributed by atoms with Crippen LogP contribution in [0.1, 0.15) is 44.2 Å². The fourth-order valence-electron chi connectivity index (χ4n) is 2.20. The molecule has 1 N–H and O–H groups in total. The minimum atomic E-state index is 0.504. The average Bonchev–Trinajstić information content (AvgIpc) is 3.12. The molecule has 0 aliphatic heterocycles. The monoisotopic (exact) mass is 407 g/mol. The van der Waals surface area contributed by atoms with E-state index in [1.807, 2.05) is 0 Å². The molecule has 1 atom stereocenters. The zero-order valence-corrected chi connectivity index (χ0v) is 13.9. The van der Waals surface area contributed by atoms with E-state index < -0.39 is 0 Å². The van der Waals surface area contributed by atoms with Gasteiger partial charge in [0.1, 0.15) is 0 Å².